The fourth-order valence-corrected chi connectivity index (χ4v) is 9.72. The van der Waals surface area contributed by atoms with Crippen molar-refractivity contribution >= 4 is 60.8 Å². The predicted octanol–water partition coefficient (Wildman–Crippen LogP) is 14.0. The zero-order valence-corrected chi connectivity index (χ0v) is 30.1. The van der Waals surface area contributed by atoms with Gasteiger partial charge in [0.1, 0.15) is 22.5 Å². The molecule has 256 valence electrons. The normalized spacial score (nSPS) is 14.4. The Morgan fingerprint density at radius 2 is 1.19 bits per heavy atom. The zero-order chi connectivity index (χ0) is 35.7. The summed E-state index contributed by atoms with van der Waals surface area (Å²) in [6.07, 6.45) is 6.48. The summed E-state index contributed by atoms with van der Waals surface area (Å²) in [6, 6.07) is 51.1. The van der Waals surface area contributed by atoms with Crippen LogP contribution in [0, 0.1) is 0 Å². The third-order valence-corrected chi connectivity index (χ3v) is 12.2. The molecule has 0 atom stereocenters. The van der Waals surface area contributed by atoms with Gasteiger partial charge >= 0.3 is 0 Å². The van der Waals surface area contributed by atoms with E-state index in [0.29, 0.717) is 0 Å². The lowest BCUT2D eigenvalue weighted by Gasteiger charge is -2.23. The molecule has 0 fully saturated rings. The molecule has 3 aromatic heterocycles. The smallest absolute Gasteiger partial charge is 0.135 e. The Morgan fingerprint density at radius 1 is 0.537 bits per heavy atom. The molecule has 0 saturated carbocycles. The molecular weight excluding hydrogens is 659 g/mol. The van der Waals surface area contributed by atoms with E-state index >= 15 is 0 Å². The molecule has 0 spiro atoms. The summed E-state index contributed by atoms with van der Waals surface area (Å²) in [4.78, 5) is 0. The Morgan fingerprint density at radius 3 is 1.98 bits per heavy atom. The highest BCUT2D eigenvalue weighted by molar-refractivity contribution is 6.12. The van der Waals surface area contributed by atoms with Crippen molar-refractivity contribution in [2.45, 2.75) is 32.1 Å². The standard InChI is InChI=1S/C51H35NO2/c1-51(2)42-21-16-30(26-38(42)36-20-25-48-49(50(36)51)37-13-7-9-15-46(37)54-48)31-17-22-43-39(27-31)40-28-32(18-23-44(40)52(43)34-10-4-3-5-11-34)33-19-24-47-41(29-33)35-12-6-8-14-45(35)53-47/h3-6,8-12,14-29H,7,13H2,1-2H3. The molecule has 3 heterocycles. The van der Waals surface area contributed by atoms with E-state index in [1.165, 1.54) is 77.3 Å². The average molecular weight is 694 g/mol. The minimum atomic E-state index is -0.128. The molecule has 0 saturated heterocycles. The number of rotatable bonds is 3. The molecule has 7 aromatic carbocycles. The molecule has 2 aliphatic rings. The average Bonchev–Trinajstić information content (AvgIpc) is 3.94. The number of furan rings is 2. The minimum absolute atomic E-state index is 0.128. The van der Waals surface area contributed by atoms with Crippen molar-refractivity contribution in [1.29, 1.82) is 0 Å². The number of para-hydroxylation sites is 2. The van der Waals surface area contributed by atoms with Crippen LogP contribution in [-0.2, 0) is 11.8 Å². The van der Waals surface area contributed by atoms with Gasteiger partial charge in [-0.1, -0.05) is 92.7 Å². The molecule has 0 amide bonds. The number of aromatic nitrogens is 1. The lowest BCUT2D eigenvalue weighted by molar-refractivity contribution is 0.595. The summed E-state index contributed by atoms with van der Waals surface area (Å²) in [5.74, 6) is 1.03. The second kappa shape index (κ2) is 10.7. The van der Waals surface area contributed by atoms with Crippen molar-refractivity contribution < 1.29 is 8.83 Å². The Kier molecular flexibility index (Phi) is 5.96. The van der Waals surface area contributed by atoms with Gasteiger partial charge in [-0.25, -0.2) is 0 Å². The van der Waals surface area contributed by atoms with Gasteiger partial charge in [-0.3, -0.25) is 0 Å². The maximum Gasteiger partial charge on any atom is 0.135 e. The molecule has 0 unspecified atom stereocenters. The van der Waals surface area contributed by atoms with E-state index in [-0.39, 0.29) is 5.41 Å². The highest BCUT2D eigenvalue weighted by Gasteiger charge is 2.39. The molecule has 3 heteroatoms. The van der Waals surface area contributed by atoms with Crippen LogP contribution in [0.3, 0.4) is 0 Å². The SMILES string of the molecule is CC1(C)c2ccc(-c3ccc4c(c3)c3cc(-c5ccc6oc7ccccc7c6c5)ccc3n4-c3ccccc3)cc2-c2ccc3oc4c(c3c21)CCC=C4. The molecule has 10 aromatic rings. The Bertz CT molecular complexity index is 3240. The molecular formula is C51H35NO2. The first-order valence-corrected chi connectivity index (χ1v) is 19.0. The lowest BCUT2D eigenvalue weighted by Crippen LogP contribution is -2.15. The highest BCUT2D eigenvalue weighted by atomic mass is 16.3. The third-order valence-electron chi connectivity index (χ3n) is 12.2. The quantitative estimate of drug-likeness (QED) is 0.184. The molecule has 2 aliphatic carbocycles. The summed E-state index contributed by atoms with van der Waals surface area (Å²) >= 11 is 0. The summed E-state index contributed by atoms with van der Waals surface area (Å²) in [5.41, 5.74) is 17.9. The maximum absolute atomic E-state index is 6.39. The second-order valence-corrected chi connectivity index (χ2v) is 15.6. The van der Waals surface area contributed by atoms with Crippen molar-refractivity contribution in [3.63, 3.8) is 0 Å². The fourth-order valence-electron chi connectivity index (χ4n) is 9.72. The van der Waals surface area contributed by atoms with Crippen molar-refractivity contribution in [1.82, 2.24) is 4.57 Å². The van der Waals surface area contributed by atoms with Crippen molar-refractivity contribution in [3.05, 3.63) is 168 Å². The summed E-state index contributed by atoms with van der Waals surface area (Å²) in [5, 5.41) is 6.08. The molecule has 54 heavy (non-hydrogen) atoms. The van der Waals surface area contributed by atoms with Gasteiger partial charge in [0.05, 0.1) is 11.0 Å². The minimum Gasteiger partial charge on any atom is -0.456 e. The lowest BCUT2D eigenvalue weighted by atomic mass is 9.79. The summed E-state index contributed by atoms with van der Waals surface area (Å²) < 4.78 is 15.0. The van der Waals surface area contributed by atoms with Gasteiger partial charge in [0.25, 0.3) is 0 Å². The van der Waals surface area contributed by atoms with Gasteiger partial charge in [0, 0.05) is 43.6 Å². The van der Waals surface area contributed by atoms with Crippen molar-refractivity contribution in [2.24, 2.45) is 0 Å². The largest absolute Gasteiger partial charge is 0.456 e. The van der Waals surface area contributed by atoms with Gasteiger partial charge < -0.3 is 13.4 Å². The van der Waals surface area contributed by atoms with E-state index in [2.05, 4.69) is 158 Å². The van der Waals surface area contributed by atoms with Crippen LogP contribution in [-0.4, -0.2) is 4.57 Å². The van der Waals surface area contributed by atoms with Gasteiger partial charge in [0.2, 0.25) is 0 Å². The van der Waals surface area contributed by atoms with E-state index in [9.17, 15) is 0 Å². The number of fused-ring (bicyclic) bond motifs is 13. The van der Waals surface area contributed by atoms with Crippen LogP contribution < -0.4 is 0 Å². The topological polar surface area (TPSA) is 31.2 Å². The Labute approximate surface area is 312 Å². The first-order chi connectivity index (χ1) is 26.5. The maximum atomic E-state index is 6.39. The molecule has 12 rings (SSSR count). The van der Waals surface area contributed by atoms with Crippen LogP contribution in [0.2, 0.25) is 0 Å². The van der Waals surface area contributed by atoms with Crippen LogP contribution in [0.5, 0.6) is 0 Å². The predicted molar refractivity (Wildman–Crippen MR) is 224 cm³/mol. The van der Waals surface area contributed by atoms with Crippen molar-refractivity contribution in [2.75, 3.05) is 0 Å². The van der Waals surface area contributed by atoms with Gasteiger partial charge in [-0.15, -0.1) is 0 Å². The first-order valence-electron chi connectivity index (χ1n) is 19.0. The van der Waals surface area contributed by atoms with Crippen LogP contribution in [0.1, 0.15) is 42.7 Å². The number of aryl methyl sites for hydroxylation is 1. The van der Waals surface area contributed by atoms with Crippen molar-refractivity contribution in [3.8, 4) is 39.1 Å². The zero-order valence-electron chi connectivity index (χ0n) is 30.1. The van der Waals surface area contributed by atoms with Crippen LogP contribution in [0.4, 0.5) is 0 Å². The first kappa shape index (κ1) is 29.9. The molecule has 0 radical (unpaired) electrons. The summed E-state index contributed by atoms with van der Waals surface area (Å²) in [6.45, 7) is 4.76. The van der Waals surface area contributed by atoms with Gasteiger partial charge in [-0.2, -0.15) is 0 Å². The molecule has 3 nitrogen and oxygen atoms in total. The highest BCUT2D eigenvalue weighted by Crippen LogP contribution is 2.54. The monoisotopic (exact) mass is 693 g/mol. The van der Waals surface area contributed by atoms with E-state index in [1.54, 1.807) is 0 Å². The fraction of sp³-hybridized carbons (Fsp3) is 0.0980. The van der Waals surface area contributed by atoms with E-state index in [1.807, 2.05) is 12.1 Å². The van der Waals surface area contributed by atoms with Gasteiger partial charge in [-0.05, 0) is 130 Å². The number of nitrogens with zero attached hydrogens (tertiary/aromatic N) is 1. The number of hydrogen-bond acceptors (Lipinski definition) is 2. The van der Waals surface area contributed by atoms with Gasteiger partial charge in [0.15, 0.2) is 0 Å². The van der Waals surface area contributed by atoms with E-state index in [4.69, 9.17) is 8.83 Å². The van der Waals surface area contributed by atoms with Crippen LogP contribution in [0.25, 0.3) is 99.9 Å². The Balaban J connectivity index is 1.04. The number of allylic oxidation sites excluding steroid dienone is 1. The molecule has 0 N–H and O–H groups in total. The number of benzene rings is 7. The summed E-state index contributed by atoms with van der Waals surface area (Å²) in [7, 11) is 0. The van der Waals surface area contributed by atoms with E-state index in [0.717, 1.165) is 51.8 Å². The third kappa shape index (κ3) is 4.07. The second-order valence-electron chi connectivity index (χ2n) is 15.6. The van der Waals surface area contributed by atoms with Crippen LogP contribution in [0.15, 0.2) is 154 Å². The molecule has 0 aliphatic heterocycles. The molecule has 0 bridgehead atoms. The van der Waals surface area contributed by atoms with Crippen LogP contribution >= 0.6 is 0 Å². The van der Waals surface area contributed by atoms with E-state index < -0.39 is 0 Å². The number of hydrogen-bond donors (Lipinski definition) is 0. The Hall–Kier alpha value is -6.58.